The van der Waals surface area contributed by atoms with Crippen LogP contribution in [0.2, 0.25) is 0 Å². The number of aromatic nitrogens is 1. The van der Waals surface area contributed by atoms with Crippen LogP contribution in [0.5, 0.6) is 0 Å². The Hall–Kier alpha value is -2.87. The van der Waals surface area contributed by atoms with Gasteiger partial charge in [0.2, 0.25) is 5.91 Å². The summed E-state index contributed by atoms with van der Waals surface area (Å²) in [5.74, 6) is -2.60. The Balaban J connectivity index is 1.45. The Morgan fingerprint density at radius 3 is 2.79 bits per heavy atom. The van der Waals surface area contributed by atoms with Crippen molar-refractivity contribution in [1.82, 2.24) is 14.8 Å². The molecule has 3 aliphatic rings. The van der Waals surface area contributed by atoms with Crippen molar-refractivity contribution in [2.75, 3.05) is 13.1 Å². The first-order valence-electron chi connectivity index (χ1n) is 9.15. The molecule has 8 heteroatoms. The van der Waals surface area contributed by atoms with Crippen LogP contribution in [0.1, 0.15) is 35.0 Å². The molecule has 6 nitrogen and oxygen atoms in total. The maximum Gasteiger partial charge on any atom is 0.275 e. The lowest BCUT2D eigenvalue weighted by Crippen LogP contribution is -2.49. The Bertz CT molecular complexity index is 970. The number of hydrogen-bond donors (Lipinski definition) is 0. The quantitative estimate of drug-likeness (QED) is 0.796. The van der Waals surface area contributed by atoms with E-state index in [1.165, 1.54) is 4.90 Å². The number of benzene rings is 1. The van der Waals surface area contributed by atoms with Crippen molar-refractivity contribution in [2.24, 2.45) is 0 Å². The summed E-state index contributed by atoms with van der Waals surface area (Å²) in [6.45, 7) is 0.734. The lowest BCUT2D eigenvalue weighted by atomic mass is 10.1. The molecule has 0 aliphatic carbocycles. The molecule has 1 aromatic carbocycles. The van der Waals surface area contributed by atoms with Crippen molar-refractivity contribution >= 4 is 11.8 Å². The number of amides is 2. The summed E-state index contributed by atoms with van der Waals surface area (Å²) in [6.07, 6.45) is 1.10. The number of carbonyl (C=O) groups excluding carboxylic acids is 2. The molecular formula is C20H17F2N3O3. The first-order valence-corrected chi connectivity index (χ1v) is 9.15. The molecule has 3 aliphatic heterocycles. The van der Waals surface area contributed by atoms with Crippen molar-refractivity contribution in [2.45, 2.75) is 30.7 Å². The molecule has 144 valence electrons. The van der Waals surface area contributed by atoms with Gasteiger partial charge in [0.25, 0.3) is 5.91 Å². The number of nitrogens with zero attached hydrogens (tertiary/aromatic N) is 3. The van der Waals surface area contributed by atoms with Crippen molar-refractivity contribution in [3.63, 3.8) is 0 Å². The molecule has 1 spiro atoms. The van der Waals surface area contributed by atoms with Gasteiger partial charge in [-0.15, -0.1) is 0 Å². The zero-order valence-electron chi connectivity index (χ0n) is 14.8. The van der Waals surface area contributed by atoms with Crippen LogP contribution in [0.4, 0.5) is 8.78 Å². The highest BCUT2D eigenvalue weighted by Gasteiger charge is 2.65. The smallest absolute Gasteiger partial charge is 0.275 e. The average molecular weight is 385 g/mol. The fourth-order valence-electron chi connectivity index (χ4n) is 4.62. The van der Waals surface area contributed by atoms with Crippen LogP contribution in [-0.4, -0.2) is 51.5 Å². The molecule has 0 bridgehead atoms. The first-order chi connectivity index (χ1) is 13.5. The third kappa shape index (κ3) is 2.37. The van der Waals surface area contributed by atoms with Crippen LogP contribution in [-0.2, 0) is 9.53 Å². The van der Waals surface area contributed by atoms with E-state index in [-0.39, 0.29) is 18.4 Å². The first kappa shape index (κ1) is 17.2. The van der Waals surface area contributed by atoms with Gasteiger partial charge in [-0.3, -0.25) is 9.59 Å². The van der Waals surface area contributed by atoms with E-state index in [9.17, 15) is 18.4 Å². The molecule has 3 fully saturated rings. The highest BCUT2D eigenvalue weighted by molar-refractivity contribution is 5.94. The molecule has 3 saturated heterocycles. The predicted octanol–water partition coefficient (Wildman–Crippen LogP) is 2.27. The van der Waals surface area contributed by atoms with Crippen LogP contribution in [0.25, 0.3) is 0 Å². The maximum atomic E-state index is 14.1. The SMILES string of the molecule is O=C(c1ncc(F)cc1F)N1CC[C@@]23O[C@@H](c4ccccc4)CN2C(=O)C[C@@H]13. The summed E-state index contributed by atoms with van der Waals surface area (Å²) in [4.78, 5) is 32.3. The van der Waals surface area contributed by atoms with Gasteiger partial charge < -0.3 is 14.5 Å². The summed E-state index contributed by atoms with van der Waals surface area (Å²) >= 11 is 0. The summed E-state index contributed by atoms with van der Waals surface area (Å²) in [5, 5.41) is 0. The van der Waals surface area contributed by atoms with Crippen LogP contribution >= 0.6 is 0 Å². The van der Waals surface area contributed by atoms with Crippen LogP contribution in [0.3, 0.4) is 0 Å². The number of likely N-dealkylation sites (tertiary alicyclic amines) is 1. The number of pyridine rings is 1. The molecule has 28 heavy (non-hydrogen) atoms. The molecule has 1 aromatic heterocycles. The summed E-state index contributed by atoms with van der Waals surface area (Å²) in [5.41, 5.74) is -0.375. The fraction of sp³-hybridized carbons (Fsp3) is 0.350. The minimum atomic E-state index is -1.01. The molecule has 2 aromatic rings. The molecule has 0 radical (unpaired) electrons. The average Bonchev–Trinajstić information content (AvgIpc) is 3.31. The normalized spacial score (nSPS) is 28.6. The van der Waals surface area contributed by atoms with Crippen molar-refractivity contribution < 1.29 is 23.1 Å². The highest BCUT2D eigenvalue weighted by Crippen LogP contribution is 2.50. The monoisotopic (exact) mass is 385 g/mol. The van der Waals surface area contributed by atoms with E-state index in [0.717, 1.165) is 11.8 Å². The number of hydrogen-bond acceptors (Lipinski definition) is 4. The van der Waals surface area contributed by atoms with Gasteiger partial charge in [0.1, 0.15) is 11.9 Å². The van der Waals surface area contributed by atoms with Crippen LogP contribution < -0.4 is 0 Å². The molecular weight excluding hydrogens is 368 g/mol. The molecule has 2 amide bonds. The van der Waals surface area contributed by atoms with Gasteiger partial charge in [-0.25, -0.2) is 13.8 Å². The molecule has 3 atom stereocenters. The lowest BCUT2D eigenvalue weighted by molar-refractivity contribution is -0.138. The molecule has 4 heterocycles. The van der Waals surface area contributed by atoms with Crippen LogP contribution in [0, 0.1) is 11.6 Å². The molecule has 0 N–H and O–H groups in total. The number of carbonyl (C=O) groups is 2. The minimum Gasteiger partial charge on any atom is -0.343 e. The van der Waals surface area contributed by atoms with E-state index >= 15 is 0 Å². The van der Waals surface area contributed by atoms with Crippen molar-refractivity contribution in [1.29, 1.82) is 0 Å². The van der Waals surface area contributed by atoms with Gasteiger partial charge in [-0.05, 0) is 5.56 Å². The van der Waals surface area contributed by atoms with Gasteiger partial charge in [0, 0.05) is 19.0 Å². The Morgan fingerprint density at radius 1 is 1.25 bits per heavy atom. The van der Waals surface area contributed by atoms with E-state index in [1.807, 2.05) is 30.3 Å². The van der Waals surface area contributed by atoms with Crippen molar-refractivity contribution in [3.8, 4) is 0 Å². The Labute approximate surface area is 159 Å². The van der Waals surface area contributed by atoms with Gasteiger partial charge >= 0.3 is 0 Å². The third-order valence-corrected chi connectivity index (χ3v) is 5.87. The summed E-state index contributed by atoms with van der Waals surface area (Å²) < 4.78 is 33.6. The number of rotatable bonds is 2. The third-order valence-electron chi connectivity index (χ3n) is 5.87. The predicted molar refractivity (Wildman–Crippen MR) is 92.9 cm³/mol. The second-order valence-electron chi connectivity index (χ2n) is 7.32. The zero-order valence-corrected chi connectivity index (χ0v) is 14.8. The molecule has 5 rings (SSSR count). The van der Waals surface area contributed by atoms with E-state index < -0.39 is 35.0 Å². The van der Waals surface area contributed by atoms with E-state index in [1.54, 1.807) is 4.90 Å². The van der Waals surface area contributed by atoms with Crippen molar-refractivity contribution in [3.05, 3.63) is 65.5 Å². The Kier molecular flexibility index (Phi) is 3.74. The van der Waals surface area contributed by atoms with E-state index in [4.69, 9.17) is 4.74 Å². The van der Waals surface area contributed by atoms with Gasteiger partial charge in [0.05, 0.1) is 25.2 Å². The fourth-order valence-corrected chi connectivity index (χ4v) is 4.62. The topological polar surface area (TPSA) is 62.7 Å². The molecule has 0 saturated carbocycles. The number of halogens is 2. The van der Waals surface area contributed by atoms with Gasteiger partial charge in [-0.2, -0.15) is 0 Å². The second-order valence-corrected chi connectivity index (χ2v) is 7.32. The second kappa shape index (κ2) is 6.07. The largest absolute Gasteiger partial charge is 0.343 e. The van der Waals surface area contributed by atoms with Crippen LogP contribution in [0.15, 0.2) is 42.6 Å². The van der Waals surface area contributed by atoms with Gasteiger partial charge in [-0.1, -0.05) is 30.3 Å². The lowest BCUT2D eigenvalue weighted by Gasteiger charge is -2.31. The van der Waals surface area contributed by atoms with E-state index in [0.29, 0.717) is 25.6 Å². The van der Waals surface area contributed by atoms with E-state index in [2.05, 4.69) is 4.98 Å². The molecule has 0 unspecified atom stereocenters. The zero-order chi connectivity index (χ0) is 19.5. The summed E-state index contributed by atoms with van der Waals surface area (Å²) in [7, 11) is 0. The van der Waals surface area contributed by atoms with Gasteiger partial charge in [0.15, 0.2) is 17.2 Å². The highest BCUT2D eigenvalue weighted by atomic mass is 19.1. The Morgan fingerprint density at radius 2 is 2.04 bits per heavy atom. The minimum absolute atomic E-state index is 0.0894. The number of ether oxygens (including phenoxy) is 1. The maximum absolute atomic E-state index is 14.1. The standard InChI is InChI=1S/C20H17F2N3O3/c21-13-8-14(22)18(23-10-13)19(27)24-7-6-20-16(24)9-17(26)25(20)11-15(28-20)12-4-2-1-3-5-12/h1-5,8,10,15-16H,6-7,9,11H2/t15-,16-,20+/m1/s1. The summed E-state index contributed by atoms with van der Waals surface area (Å²) in [6, 6.07) is 9.73.